The Balaban J connectivity index is 1.51. The van der Waals surface area contributed by atoms with Crippen LogP contribution in [0.3, 0.4) is 0 Å². The summed E-state index contributed by atoms with van der Waals surface area (Å²) in [7, 11) is 0. The molecule has 0 bridgehead atoms. The first-order chi connectivity index (χ1) is 15.5. The number of imidazole rings is 1. The molecular weight excluding hydrogens is 418 g/mol. The summed E-state index contributed by atoms with van der Waals surface area (Å²) < 4.78 is 2.25. The van der Waals surface area contributed by atoms with Crippen LogP contribution in [0.15, 0.2) is 72.8 Å². The monoisotopic (exact) mass is 445 g/mol. The molecule has 32 heavy (non-hydrogen) atoms. The Kier molecular flexibility index (Phi) is 6.91. The third-order valence-electron chi connectivity index (χ3n) is 5.96. The SMILES string of the molecule is CCC(C)c1ccc(Cn2c(CCNC(=O)c3cccc(Cl)c3)nc3ccccc32)cc1. The molecule has 1 atom stereocenters. The molecule has 1 heterocycles. The van der Waals surface area contributed by atoms with Crippen LogP contribution in [0.4, 0.5) is 0 Å². The van der Waals surface area contributed by atoms with Gasteiger partial charge in [0.15, 0.2) is 0 Å². The van der Waals surface area contributed by atoms with E-state index in [-0.39, 0.29) is 5.91 Å². The number of nitrogens with zero attached hydrogens (tertiary/aromatic N) is 2. The normalized spacial score (nSPS) is 12.1. The van der Waals surface area contributed by atoms with Crippen molar-refractivity contribution in [2.45, 2.75) is 39.2 Å². The van der Waals surface area contributed by atoms with E-state index in [4.69, 9.17) is 16.6 Å². The molecule has 5 heteroatoms. The zero-order valence-corrected chi connectivity index (χ0v) is 19.3. The Morgan fingerprint density at radius 2 is 1.84 bits per heavy atom. The van der Waals surface area contributed by atoms with E-state index in [2.05, 4.69) is 54.1 Å². The highest BCUT2D eigenvalue weighted by molar-refractivity contribution is 6.30. The molecule has 4 aromatic rings. The molecule has 164 valence electrons. The summed E-state index contributed by atoms with van der Waals surface area (Å²) in [6.45, 7) is 5.72. The summed E-state index contributed by atoms with van der Waals surface area (Å²) in [6, 6.07) is 24.0. The number of aromatic nitrogens is 2. The summed E-state index contributed by atoms with van der Waals surface area (Å²) in [6.07, 6.45) is 1.78. The second-order valence-electron chi connectivity index (χ2n) is 8.17. The van der Waals surface area contributed by atoms with Gasteiger partial charge in [0.1, 0.15) is 5.82 Å². The average molecular weight is 446 g/mol. The molecule has 1 aromatic heterocycles. The zero-order valence-electron chi connectivity index (χ0n) is 18.5. The Hall–Kier alpha value is -3.11. The van der Waals surface area contributed by atoms with Crippen LogP contribution in [0.2, 0.25) is 5.02 Å². The standard InChI is InChI=1S/C27H28ClN3O/c1-3-19(2)21-13-11-20(12-14-21)18-31-25-10-5-4-9-24(25)30-26(31)15-16-29-27(32)22-7-6-8-23(28)17-22/h4-14,17,19H,3,15-16,18H2,1-2H3,(H,29,32). The zero-order chi connectivity index (χ0) is 22.5. The second-order valence-corrected chi connectivity index (χ2v) is 8.61. The van der Waals surface area contributed by atoms with Crippen LogP contribution in [0.25, 0.3) is 11.0 Å². The molecule has 1 amide bonds. The van der Waals surface area contributed by atoms with Gasteiger partial charge < -0.3 is 9.88 Å². The first-order valence-electron chi connectivity index (χ1n) is 11.1. The van der Waals surface area contributed by atoms with Crippen molar-refractivity contribution in [1.29, 1.82) is 0 Å². The Labute approximate surface area is 194 Å². The highest BCUT2D eigenvalue weighted by Gasteiger charge is 2.12. The second kappa shape index (κ2) is 10.0. The summed E-state index contributed by atoms with van der Waals surface area (Å²) in [5.41, 5.74) is 5.25. The number of benzene rings is 3. The van der Waals surface area contributed by atoms with Crippen LogP contribution in [0, 0.1) is 0 Å². The highest BCUT2D eigenvalue weighted by atomic mass is 35.5. The van der Waals surface area contributed by atoms with Gasteiger partial charge in [-0.2, -0.15) is 0 Å². The van der Waals surface area contributed by atoms with Crippen LogP contribution in [0.5, 0.6) is 0 Å². The predicted octanol–water partition coefficient (Wildman–Crippen LogP) is 6.22. The maximum Gasteiger partial charge on any atom is 0.251 e. The van der Waals surface area contributed by atoms with E-state index in [9.17, 15) is 4.79 Å². The Bertz CT molecular complexity index is 1210. The molecule has 4 nitrogen and oxygen atoms in total. The molecule has 0 aliphatic carbocycles. The quantitative estimate of drug-likeness (QED) is 0.349. The van der Waals surface area contributed by atoms with Crippen molar-refractivity contribution in [2.75, 3.05) is 6.54 Å². The average Bonchev–Trinajstić information content (AvgIpc) is 3.16. The van der Waals surface area contributed by atoms with Crippen LogP contribution in [0.1, 0.15) is 53.5 Å². The third kappa shape index (κ3) is 5.03. The van der Waals surface area contributed by atoms with Crippen LogP contribution in [-0.4, -0.2) is 22.0 Å². The van der Waals surface area contributed by atoms with Crippen molar-refractivity contribution in [3.05, 3.63) is 100 Å². The minimum atomic E-state index is -0.129. The number of carbonyl (C=O) groups is 1. The van der Waals surface area contributed by atoms with Crippen molar-refractivity contribution in [2.24, 2.45) is 0 Å². The van der Waals surface area contributed by atoms with E-state index in [1.165, 1.54) is 11.1 Å². The van der Waals surface area contributed by atoms with Crippen LogP contribution >= 0.6 is 11.6 Å². The van der Waals surface area contributed by atoms with E-state index in [1.54, 1.807) is 24.3 Å². The number of carbonyl (C=O) groups excluding carboxylic acids is 1. The maximum atomic E-state index is 12.4. The summed E-state index contributed by atoms with van der Waals surface area (Å²) in [5, 5.41) is 3.54. The molecule has 0 aliphatic rings. The number of amides is 1. The number of fused-ring (bicyclic) bond motifs is 1. The summed E-state index contributed by atoms with van der Waals surface area (Å²) in [5.74, 6) is 1.40. The summed E-state index contributed by atoms with van der Waals surface area (Å²) in [4.78, 5) is 17.3. The fraction of sp³-hybridized carbons (Fsp3) is 0.259. The van der Waals surface area contributed by atoms with Gasteiger partial charge in [-0.1, -0.05) is 67.9 Å². The van der Waals surface area contributed by atoms with E-state index in [1.807, 2.05) is 18.2 Å². The smallest absolute Gasteiger partial charge is 0.251 e. The lowest BCUT2D eigenvalue weighted by atomic mass is 9.98. The van der Waals surface area contributed by atoms with Crippen molar-refractivity contribution < 1.29 is 4.79 Å². The Morgan fingerprint density at radius 1 is 1.06 bits per heavy atom. The van der Waals surface area contributed by atoms with Gasteiger partial charge in [0, 0.05) is 30.1 Å². The molecular formula is C27H28ClN3O. The van der Waals surface area contributed by atoms with Gasteiger partial charge in [0.05, 0.1) is 11.0 Å². The third-order valence-corrected chi connectivity index (χ3v) is 6.19. The molecule has 0 saturated heterocycles. The van der Waals surface area contributed by atoms with Crippen molar-refractivity contribution >= 4 is 28.5 Å². The van der Waals surface area contributed by atoms with Crippen molar-refractivity contribution in [1.82, 2.24) is 14.9 Å². The van der Waals surface area contributed by atoms with Gasteiger partial charge >= 0.3 is 0 Å². The minimum absolute atomic E-state index is 0.129. The van der Waals surface area contributed by atoms with Gasteiger partial charge in [0.2, 0.25) is 0 Å². The molecule has 0 saturated carbocycles. The first-order valence-corrected chi connectivity index (χ1v) is 11.5. The van der Waals surface area contributed by atoms with Gasteiger partial charge in [0.25, 0.3) is 5.91 Å². The van der Waals surface area contributed by atoms with Gasteiger partial charge in [-0.15, -0.1) is 0 Å². The van der Waals surface area contributed by atoms with Crippen LogP contribution in [-0.2, 0) is 13.0 Å². The minimum Gasteiger partial charge on any atom is -0.352 e. The number of hydrogen-bond acceptors (Lipinski definition) is 2. The molecule has 1 unspecified atom stereocenters. The fourth-order valence-corrected chi connectivity index (χ4v) is 4.07. The van der Waals surface area contributed by atoms with E-state index >= 15 is 0 Å². The number of para-hydroxylation sites is 2. The molecule has 0 aliphatic heterocycles. The van der Waals surface area contributed by atoms with Crippen molar-refractivity contribution in [3.8, 4) is 0 Å². The number of nitrogens with one attached hydrogen (secondary N) is 1. The topological polar surface area (TPSA) is 46.9 Å². The highest BCUT2D eigenvalue weighted by Crippen LogP contribution is 2.22. The van der Waals surface area contributed by atoms with Crippen molar-refractivity contribution in [3.63, 3.8) is 0 Å². The number of halogens is 1. The lowest BCUT2D eigenvalue weighted by Gasteiger charge is -2.13. The molecule has 0 spiro atoms. The molecule has 4 rings (SSSR count). The number of hydrogen-bond donors (Lipinski definition) is 1. The molecule has 0 fully saturated rings. The largest absolute Gasteiger partial charge is 0.352 e. The van der Waals surface area contributed by atoms with E-state index in [0.717, 1.165) is 29.8 Å². The molecule has 1 N–H and O–H groups in total. The number of rotatable bonds is 8. The van der Waals surface area contributed by atoms with Gasteiger partial charge in [-0.05, 0) is 53.8 Å². The van der Waals surface area contributed by atoms with Crippen LogP contribution < -0.4 is 5.32 Å². The predicted molar refractivity (Wildman–Crippen MR) is 131 cm³/mol. The molecule has 0 radical (unpaired) electrons. The van der Waals surface area contributed by atoms with Gasteiger partial charge in [-0.25, -0.2) is 4.98 Å². The molecule has 3 aromatic carbocycles. The lowest BCUT2D eigenvalue weighted by Crippen LogP contribution is -2.26. The Morgan fingerprint density at radius 3 is 2.59 bits per heavy atom. The lowest BCUT2D eigenvalue weighted by molar-refractivity contribution is 0.0954. The fourth-order valence-electron chi connectivity index (χ4n) is 3.88. The first kappa shape index (κ1) is 22.1. The van der Waals surface area contributed by atoms with E-state index < -0.39 is 0 Å². The summed E-state index contributed by atoms with van der Waals surface area (Å²) >= 11 is 6.00. The maximum absolute atomic E-state index is 12.4. The van der Waals surface area contributed by atoms with Gasteiger partial charge in [-0.3, -0.25) is 4.79 Å². The van der Waals surface area contributed by atoms with E-state index in [0.29, 0.717) is 29.5 Å².